The molecule has 28 heavy (non-hydrogen) atoms. The first-order valence-electron chi connectivity index (χ1n) is 8.23. The Hall–Kier alpha value is -3.24. The monoisotopic (exact) mass is 395 g/mol. The molecule has 1 saturated carbocycles. The zero-order chi connectivity index (χ0) is 19.7. The lowest BCUT2D eigenvalue weighted by Gasteiger charge is -2.21. The first kappa shape index (κ1) is 18.1. The number of rotatable bonds is 7. The third-order valence-corrected chi connectivity index (χ3v) is 4.25. The number of ether oxygens (including phenoxy) is 1. The van der Waals surface area contributed by atoms with Crippen molar-refractivity contribution < 1.29 is 26.7 Å². The molecule has 0 unspecified atom stereocenters. The van der Waals surface area contributed by atoms with E-state index in [1.807, 2.05) is 0 Å². The number of hydrogen-bond donors (Lipinski definition) is 1. The minimum atomic E-state index is -2.93. The Labute approximate surface area is 155 Å². The van der Waals surface area contributed by atoms with Crippen molar-refractivity contribution in [2.24, 2.45) is 0 Å². The highest BCUT2D eigenvalue weighted by molar-refractivity contribution is 5.53. The molecule has 1 N–H and O–H groups in total. The van der Waals surface area contributed by atoms with E-state index in [-0.39, 0.29) is 23.2 Å². The van der Waals surface area contributed by atoms with Gasteiger partial charge in [0.25, 0.3) is 11.8 Å². The summed E-state index contributed by atoms with van der Waals surface area (Å²) in [6.07, 6.45) is 1.19. The summed E-state index contributed by atoms with van der Waals surface area (Å²) in [6.45, 7) is -2.93. The maximum Gasteiger partial charge on any atom is 0.387 e. The van der Waals surface area contributed by atoms with Gasteiger partial charge in [-0.3, -0.25) is 0 Å². The number of halogens is 4. The highest BCUT2D eigenvalue weighted by Gasteiger charge is 2.47. The van der Waals surface area contributed by atoms with E-state index < -0.39 is 24.5 Å². The van der Waals surface area contributed by atoms with Gasteiger partial charge in [0.15, 0.2) is 0 Å². The molecule has 0 bridgehead atoms. The van der Waals surface area contributed by atoms with Gasteiger partial charge in [0, 0.05) is 18.0 Å². The molecule has 2 heterocycles. The van der Waals surface area contributed by atoms with Gasteiger partial charge in [-0.2, -0.15) is 17.6 Å². The Morgan fingerprint density at radius 3 is 2.36 bits per heavy atom. The Morgan fingerprint density at radius 1 is 1.04 bits per heavy atom. The number of para-hydroxylation sites is 1. The number of benzene rings is 1. The molecular formula is C17H13F4N5O2. The van der Waals surface area contributed by atoms with Crippen LogP contribution in [0.5, 0.6) is 5.75 Å². The topological polar surface area (TPSA) is 86.0 Å². The van der Waals surface area contributed by atoms with Crippen LogP contribution in [-0.2, 0) is 5.54 Å². The Kier molecular flexibility index (Phi) is 4.57. The fourth-order valence-corrected chi connectivity index (χ4v) is 2.80. The Morgan fingerprint density at radius 2 is 1.75 bits per heavy atom. The van der Waals surface area contributed by atoms with Gasteiger partial charge in [-0.1, -0.05) is 18.2 Å². The van der Waals surface area contributed by atoms with E-state index >= 15 is 0 Å². The van der Waals surface area contributed by atoms with Crippen molar-refractivity contribution in [1.82, 2.24) is 20.2 Å². The second-order valence-electron chi connectivity index (χ2n) is 6.12. The predicted octanol–water partition coefficient (Wildman–Crippen LogP) is 4.17. The quantitative estimate of drug-likeness (QED) is 0.601. The molecule has 11 heteroatoms. The van der Waals surface area contributed by atoms with Crippen molar-refractivity contribution in [2.45, 2.75) is 31.4 Å². The van der Waals surface area contributed by atoms with Gasteiger partial charge < -0.3 is 14.5 Å². The van der Waals surface area contributed by atoms with Gasteiger partial charge in [0.2, 0.25) is 5.95 Å². The Bertz CT molecular complexity index is 960. The fourth-order valence-electron chi connectivity index (χ4n) is 2.80. The van der Waals surface area contributed by atoms with Crippen LogP contribution in [0.25, 0.3) is 11.5 Å². The van der Waals surface area contributed by atoms with Crippen LogP contribution in [-0.4, -0.2) is 26.8 Å². The molecule has 2 aromatic heterocycles. The summed E-state index contributed by atoms with van der Waals surface area (Å²) in [7, 11) is 0. The van der Waals surface area contributed by atoms with Crippen LogP contribution in [0.4, 0.5) is 23.5 Å². The van der Waals surface area contributed by atoms with Crippen molar-refractivity contribution in [2.75, 3.05) is 5.32 Å². The predicted molar refractivity (Wildman–Crippen MR) is 87.9 cm³/mol. The lowest BCUT2D eigenvalue weighted by molar-refractivity contribution is -0.0506. The summed E-state index contributed by atoms with van der Waals surface area (Å²) >= 11 is 0. The highest BCUT2D eigenvalue weighted by Crippen LogP contribution is 2.51. The van der Waals surface area contributed by atoms with Crippen molar-refractivity contribution in [1.29, 1.82) is 0 Å². The summed E-state index contributed by atoms with van der Waals surface area (Å²) in [4.78, 5) is 8.25. The minimum absolute atomic E-state index is 0.0875. The fraction of sp³-hybridized carbons (Fsp3) is 0.294. The highest BCUT2D eigenvalue weighted by atomic mass is 19.3. The molecular weight excluding hydrogens is 382 g/mol. The minimum Gasteiger partial charge on any atom is -0.434 e. The zero-order valence-electron chi connectivity index (χ0n) is 14.2. The summed E-state index contributed by atoms with van der Waals surface area (Å²) < 4.78 is 59.8. The van der Waals surface area contributed by atoms with E-state index in [4.69, 9.17) is 4.42 Å². The average Bonchev–Trinajstić information content (AvgIpc) is 3.26. The van der Waals surface area contributed by atoms with Crippen molar-refractivity contribution in [3.8, 4) is 17.2 Å². The lowest BCUT2D eigenvalue weighted by atomic mass is 10.0. The van der Waals surface area contributed by atoms with Crippen molar-refractivity contribution >= 4 is 5.95 Å². The molecule has 0 radical (unpaired) electrons. The molecule has 0 saturated heterocycles. The van der Waals surface area contributed by atoms with Crippen LogP contribution in [0.2, 0.25) is 0 Å². The number of aromatic nitrogens is 4. The number of alkyl halides is 4. The second-order valence-corrected chi connectivity index (χ2v) is 6.12. The van der Waals surface area contributed by atoms with E-state index in [0.29, 0.717) is 18.4 Å². The lowest BCUT2D eigenvalue weighted by Crippen LogP contribution is -2.22. The number of nitrogens with one attached hydrogen (secondary N) is 1. The normalized spacial score (nSPS) is 15.1. The summed E-state index contributed by atoms with van der Waals surface area (Å²) in [6, 6.07) is 6.52. The van der Waals surface area contributed by atoms with E-state index in [0.717, 1.165) is 0 Å². The van der Waals surface area contributed by atoms with Gasteiger partial charge >= 0.3 is 13.0 Å². The van der Waals surface area contributed by atoms with E-state index in [9.17, 15) is 17.6 Å². The van der Waals surface area contributed by atoms with Crippen LogP contribution in [0.3, 0.4) is 0 Å². The zero-order valence-corrected chi connectivity index (χ0v) is 14.2. The standard InChI is InChI=1S/C17H13F4N5O2/c18-12(19)14-26-25-13(28-14)9-7-22-16(23-8-9)24-17(5-6-17)10-3-1-2-4-11(10)27-15(20)21/h1-4,7-8,12,15H,5-6H2,(H,22,23,24). The third kappa shape index (κ3) is 3.59. The smallest absolute Gasteiger partial charge is 0.387 e. The first-order valence-corrected chi connectivity index (χ1v) is 8.23. The molecule has 0 aliphatic heterocycles. The van der Waals surface area contributed by atoms with Gasteiger partial charge in [-0.25, -0.2) is 9.97 Å². The average molecular weight is 395 g/mol. The molecule has 0 spiro atoms. The second kappa shape index (κ2) is 7.06. The first-order chi connectivity index (χ1) is 13.5. The van der Waals surface area contributed by atoms with Crippen LogP contribution < -0.4 is 10.1 Å². The molecule has 3 aromatic rings. The molecule has 146 valence electrons. The van der Waals surface area contributed by atoms with Crippen LogP contribution >= 0.6 is 0 Å². The van der Waals surface area contributed by atoms with E-state index in [2.05, 4.69) is 30.2 Å². The summed E-state index contributed by atoms with van der Waals surface area (Å²) in [5, 5.41) is 9.90. The summed E-state index contributed by atoms with van der Waals surface area (Å²) in [5.41, 5.74) is 0.248. The van der Waals surface area contributed by atoms with Crippen molar-refractivity contribution in [3.63, 3.8) is 0 Å². The maximum atomic E-state index is 12.7. The largest absolute Gasteiger partial charge is 0.434 e. The van der Waals surface area contributed by atoms with Crippen LogP contribution in [0.1, 0.15) is 30.7 Å². The van der Waals surface area contributed by atoms with Crippen LogP contribution in [0.15, 0.2) is 41.1 Å². The molecule has 1 aromatic carbocycles. The number of anilines is 1. The SMILES string of the molecule is FC(F)Oc1ccccc1C1(Nc2ncc(-c3nnc(C(F)F)o3)cn2)CC1. The molecule has 7 nitrogen and oxygen atoms in total. The molecule has 0 amide bonds. The van der Waals surface area contributed by atoms with E-state index in [1.165, 1.54) is 18.5 Å². The van der Waals surface area contributed by atoms with Crippen LogP contribution in [0, 0.1) is 0 Å². The molecule has 1 aliphatic rings. The van der Waals surface area contributed by atoms with Gasteiger partial charge in [0.05, 0.1) is 11.1 Å². The van der Waals surface area contributed by atoms with Crippen molar-refractivity contribution in [3.05, 3.63) is 48.1 Å². The Balaban J connectivity index is 1.53. The van der Waals surface area contributed by atoms with Gasteiger partial charge in [-0.05, 0) is 18.9 Å². The molecule has 1 fully saturated rings. The molecule has 1 aliphatic carbocycles. The molecule has 4 rings (SSSR count). The number of hydrogen-bond acceptors (Lipinski definition) is 7. The number of nitrogens with zero attached hydrogens (tertiary/aromatic N) is 4. The van der Waals surface area contributed by atoms with Gasteiger partial charge in [0.1, 0.15) is 5.75 Å². The molecule has 0 atom stereocenters. The maximum absolute atomic E-state index is 12.7. The van der Waals surface area contributed by atoms with E-state index in [1.54, 1.807) is 18.2 Å². The third-order valence-electron chi connectivity index (χ3n) is 4.25. The summed E-state index contributed by atoms with van der Waals surface area (Å²) in [5.74, 6) is -0.588. The van der Waals surface area contributed by atoms with Gasteiger partial charge in [-0.15, -0.1) is 10.2 Å².